The standard InChI is InChI=1S/C14H20ClNOS/c1-17-14-3-2-12(8-13(14)15)10-16-9-11-4-6-18-7-5-11/h2-3,8,11,16H,4-7,9-10H2,1H3. The maximum Gasteiger partial charge on any atom is 0.137 e. The third-order valence-electron chi connectivity index (χ3n) is 3.32. The topological polar surface area (TPSA) is 21.3 Å². The van der Waals surface area contributed by atoms with E-state index in [4.69, 9.17) is 16.3 Å². The van der Waals surface area contributed by atoms with E-state index in [1.165, 1.54) is 29.9 Å². The smallest absolute Gasteiger partial charge is 0.137 e. The minimum Gasteiger partial charge on any atom is -0.495 e. The van der Waals surface area contributed by atoms with E-state index < -0.39 is 0 Å². The highest BCUT2D eigenvalue weighted by atomic mass is 35.5. The molecule has 0 aromatic heterocycles. The zero-order chi connectivity index (χ0) is 12.8. The molecule has 100 valence electrons. The van der Waals surface area contributed by atoms with Gasteiger partial charge in [-0.05, 0) is 54.5 Å². The van der Waals surface area contributed by atoms with Gasteiger partial charge in [0.05, 0.1) is 12.1 Å². The van der Waals surface area contributed by atoms with E-state index in [1.54, 1.807) is 7.11 Å². The minimum absolute atomic E-state index is 0.686. The summed E-state index contributed by atoms with van der Waals surface area (Å²) in [5.41, 5.74) is 1.21. The molecule has 0 spiro atoms. The molecule has 0 bridgehead atoms. The molecule has 2 nitrogen and oxygen atoms in total. The molecular weight excluding hydrogens is 266 g/mol. The van der Waals surface area contributed by atoms with Crippen LogP contribution in [0.4, 0.5) is 0 Å². The lowest BCUT2D eigenvalue weighted by Gasteiger charge is -2.21. The number of thioether (sulfide) groups is 1. The average Bonchev–Trinajstić information content (AvgIpc) is 2.40. The van der Waals surface area contributed by atoms with Crippen molar-refractivity contribution in [3.05, 3.63) is 28.8 Å². The fraction of sp³-hybridized carbons (Fsp3) is 0.571. The fourth-order valence-electron chi connectivity index (χ4n) is 2.19. The summed E-state index contributed by atoms with van der Waals surface area (Å²) >= 11 is 8.18. The number of benzene rings is 1. The highest BCUT2D eigenvalue weighted by Crippen LogP contribution is 2.25. The Bertz CT molecular complexity index is 380. The van der Waals surface area contributed by atoms with Gasteiger partial charge in [0.1, 0.15) is 5.75 Å². The van der Waals surface area contributed by atoms with E-state index in [-0.39, 0.29) is 0 Å². The number of methoxy groups -OCH3 is 1. The first-order chi connectivity index (χ1) is 8.79. The maximum absolute atomic E-state index is 6.10. The summed E-state index contributed by atoms with van der Waals surface area (Å²) in [7, 11) is 1.64. The Balaban J connectivity index is 1.77. The second-order valence-electron chi connectivity index (χ2n) is 4.66. The van der Waals surface area contributed by atoms with Crippen LogP contribution in [0.15, 0.2) is 18.2 Å². The number of ether oxygens (including phenoxy) is 1. The molecule has 1 N–H and O–H groups in total. The van der Waals surface area contributed by atoms with Crippen molar-refractivity contribution < 1.29 is 4.74 Å². The summed E-state index contributed by atoms with van der Waals surface area (Å²) in [5, 5.41) is 4.21. The molecule has 4 heteroatoms. The highest BCUT2D eigenvalue weighted by Gasteiger charge is 2.12. The Morgan fingerprint density at radius 2 is 2.17 bits per heavy atom. The third-order valence-corrected chi connectivity index (χ3v) is 4.66. The van der Waals surface area contributed by atoms with E-state index >= 15 is 0 Å². The Kier molecular flexibility index (Phi) is 5.67. The molecule has 1 aliphatic heterocycles. The van der Waals surface area contributed by atoms with E-state index in [9.17, 15) is 0 Å². The van der Waals surface area contributed by atoms with Crippen LogP contribution in [-0.2, 0) is 6.54 Å². The summed E-state index contributed by atoms with van der Waals surface area (Å²) in [6.45, 7) is 2.00. The van der Waals surface area contributed by atoms with Crippen molar-refractivity contribution in [3.8, 4) is 5.75 Å². The van der Waals surface area contributed by atoms with E-state index in [1.807, 2.05) is 12.1 Å². The van der Waals surface area contributed by atoms with Crippen LogP contribution in [0.1, 0.15) is 18.4 Å². The minimum atomic E-state index is 0.686. The first-order valence-corrected chi connectivity index (χ1v) is 7.93. The molecular formula is C14H20ClNOS. The summed E-state index contributed by atoms with van der Waals surface area (Å²) in [6.07, 6.45) is 2.70. The van der Waals surface area contributed by atoms with Crippen LogP contribution in [0.3, 0.4) is 0 Å². The van der Waals surface area contributed by atoms with Gasteiger partial charge < -0.3 is 10.1 Å². The van der Waals surface area contributed by atoms with Crippen LogP contribution in [0.2, 0.25) is 5.02 Å². The van der Waals surface area contributed by atoms with Crippen molar-refractivity contribution in [1.82, 2.24) is 5.32 Å². The molecule has 0 unspecified atom stereocenters. The van der Waals surface area contributed by atoms with Crippen molar-refractivity contribution in [1.29, 1.82) is 0 Å². The summed E-state index contributed by atoms with van der Waals surface area (Å²) in [4.78, 5) is 0. The maximum atomic E-state index is 6.10. The van der Waals surface area contributed by atoms with Gasteiger partial charge in [-0.25, -0.2) is 0 Å². The molecule has 1 aliphatic rings. The predicted molar refractivity (Wildman–Crippen MR) is 79.8 cm³/mol. The van der Waals surface area contributed by atoms with E-state index in [0.29, 0.717) is 5.02 Å². The Morgan fingerprint density at radius 1 is 1.39 bits per heavy atom. The first kappa shape index (κ1) is 14.0. The van der Waals surface area contributed by atoms with Crippen molar-refractivity contribution >= 4 is 23.4 Å². The van der Waals surface area contributed by atoms with Gasteiger partial charge >= 0.3 is 0 Å². The molecule has 1 aromatic carbocycles. The molecule has 0 radical (unpaired) electrons. The van der Waals surface area contributed by atoms with Gasteiger partial charge in [-0.1, -0.05) is 17.7 Å². The lowest BCUT2D eigenvalue weighted by atomic mass is 10.0. The van der Waals surface area contributed by atoms with Gasteiger partial charge in [0, 0.05) is 6.54 Å². The zero-order valence-electron chi connectivity index (χ0n) is 10.7. The predicted octanol–water partition coefficient (Wildman–Crippen LogP) is 3.58. The van der Waals surface area contributed by atoms with Crippen LogP contribution >= 0.6 is 23.4 Å². The van der Waals surface area contributed by atoms with Crippen molar-refractivity contribution in [2.45, 2.75) is 19.4 Å². The fourth-order valence-corrected chi connectivity index (χ4v) is 3.68. The van der Waals surface area contributed by atoms with E-state index in [2.05, 4.69) is 23.1 Å². The molecule has 0 saturated carbocycles. The Morgan fingerprint density at radius 3 is 2.83 bits per heavy atom. The van der Waals surface area contributed by atoms with Crippen LogP contribution in [-0.4, -0.2) is 25.2 Å². The number of hydrogen-bond acceptors (Lipinski definition) is 3. The van der Waals surface area contributed by atoms with Crippen LogP contribution in [0, 0.1) is 5.92 Å². The van der Waals surface area contributed by atoms with Gasteiger partial charge in [0.2, 0.25) is 0 Å². The van der Waals surface area contributed by atoms with Crippen molar-refractivity contribution in [2.75, 3.05) is 25.2 Å². The molecule has 1 aromatic rings. The molecule has 1 heterocycles. The van der Waals surface area contributed by atoms with Crippen LogP contribution in [0.25, 0.3) is 0 Å². The quantitative estimate of drug-likeness (QED) is 0.893. The lowest BCUT2D eigenvalue weighted by molar-refractivity contribution is 0.414. The van der Waals surface area contributed by atoms with Gasteiger partial charge in [-0.3, -0.25) is 0 Å². The SMILES string of the molecule is COc1ccc(CNCC2CCSCC2)cc1Cl. The summed E-state index contributed by atoms with van der Waals surface area (Å²) < 4.78 is 5.14. The second kappa shape index (κ2) is 7.27. The Hall–Kier alpha value is -0.380. The van der Waals surface area contributed by atoms with Gasteiger partial charge in [0.15, 0.2) is 0 Å². The highest BCUT2D eigenvalue weighted by molar-refractivity contribution is 7.99. The zero-order valence-corrected chi connectivity index (χ0v) is 12.3. The summed E-state index contributed by atoms with van der Waals surface area (Å²) in [6, 6.07) is 5.97. The Labute approximate surface area is 118 Å². The van der Waals surface area contributed by atoms with Crippen molar-refractivity contribution in [3.63, 3.8) is 0 Å². The first-order valence-electron chi connectivity index (χ1n) is 6.40. The molecule has 0 amide bonds. The van der Waals surface area contributed by atoms with Gasteiger partial charge in [-0.15, -0.1) is 0 Å². The molecule has 0 aliphatic carbocycles. The molecule has 2 rings (SSSR count). The molecule has 0 atom stereocenters. The molecule has 1 fully saturated rings. The summed E-state index contributed by atoms with van der Waals surface area (Å²) in [5.74, 6) is 4.23. The second-order valence-corrected chi connectivity index (χ2v) is 6.29. The lowest BCUT2D eigenvalue weighted by Crippen LogP contribution is -2.25. The van der Waals surface area contributed by atoms with Crippen molar-refractivity contribution in [2.24, 2.45) is 5.92 Å². The van der Waals surface area contributed by atoms with Gasteiger partial charge in [0.25, 0.3) is 0 Å². The van der Waals surface area contributed by atoms with Crippen LogP contribution in [0.5, 0.6) is 5.75 Å². The van der Waals surface area contributed by atoms with Gasteiger partial charge in [-0.2, -0.15) is 11.8 Å². The number of rotatable bonds is 5. The third kappa shape index (κ3) is 4.08. The monoisotopic (exact) mass is 285 g/mol. The molecule has 18 heavy (non-hydrogen) atoms. The van der Waals surface area contributed by atoms with Crippen LogP contribution < -0.4 is 10.1 Å². The number of halogens is 1. The number of nitrogens with one attached hydrogen (secondary N) is 1. The largest absolute Gasteiger partial charge is 0.495 e. The number of hydrogen-bond donors (Lipinski definition) is 1. The normalized spacial score (nSPS) is 16.8. The molecule has 1 saturated heterocycles. The van der Waals surface area contributed by atoms with E-state index in [0.717, 1.165) is 24.8 Å². The average molecular weight is 286 g/mol.